The monoisotopic (exact) mass is 207 g/mol. The topological polar surface area (TPSA) is 26.0 Å². The first-order chi connectivity index (χ1) is 7.20. The van der Waals surface area contributed by atoms with Crippen molar-refractivity contribution in [2.24, 2.45) is 11.7 Å². The Morgan fingerprint density at radius 3 is 2.40 bits per heavy atom. The Bertz CT molecular complexity index is 325. The number of hydrogen-bond acceptors (Lipinski definition) is 1. The minimum Gasteiger partial charge on any atom is -0.330 e. The molecule has 1 aliphatic rings. The molecule has 0 aliphatic heterocycles. The SMILES string of the molecule is CCC1CC(CN)(c2ccc(F)cc2)C1. The molecule has 0 amide bonds. The van der Waals surface area contributed by atoms with Gasteiger partial charge in [-0.1, -0.05) is 25.5 Å². The molecule has 82 valence electrons. The first-order valence-corrected chi connectivity index (χ1v) is 5.66. The second-order valence-corrected chi connectivity index (χ2v) is 4.67. The summed E-state index contributed by atoms with van der Waals surface area (Å²) < 4.78 is 12.8. The number of hydrogen-bond donors (Lipinski definition) is 1. The quantitative estimate of drug-likeness (QED) is 0.810. The van der Waals surface area contributed by atoms with Crippen LogP contribution in [0.25, 0.3) is 0 Å². The van der Waals surface area contributed by atoms with Gasteiger partial charge in [-0.25, -0.2) is 4.39 Å². The highest BCUT2D eigenvalue weighted by molar-refractivity contribution is 5.29. The van der Waals surface area contributed by atoms with Crippen molar-refractivity contribution in [1.82, 2.24) is 0 Å². The molecule has 0 heterocycles. The van der Waals surface area contributed by atoms with Gasteiger partial charge in [0.15, 0.2) is 0 Å². The van der Waals surface area contributed by atoms with E-state index in [1.54, 1.807) is 0 Å². The first-order valence-electron chi connectivity index (χ1n) is 5.66. The van der Waals surface area contributed by atoms with Gasteiger partial charge in [-0.15, -0.1) is 0 Å². The van der Waals surface area contributed by atoms with Gasteiger partial charge < -0.3 is 5.73 Å². The van der Waals surface area contributed by atoms with Gasteiger partial charge in [-0.05, 0) is 36.5 Å². The Kier molecular flexibility index (Phi) is 2.79. The van der Waals surface area contributed by atoms with Crippen LogP contribution in [0.1, 0.15) is 31.7 Å². The van der Waals surface area contributed by atoms with Crippen LogP contribution in [0.5, 0.6) is 0 Å². The van der Waals surface area contributed by atoms with Crippen LogP contribution >= 0.6 is 0 Å². The summed E-state index contributed by atoms with van der Waals surface area (Å²) in [5.74, 6) is 0.635. The molecule has 1 saturated carbocycles. The van der Waals surface area contributed by atoms with Crippen LogP contribution in [0.2, 0.25) is 0 Å². The van der Waals surface area contributed by atoms with E-state index in [1.165, 1.54) is 24.1 Å². The Morgan fingerprint density at radius 2 is 1.93 bits per heavy atom. The van der Waals surface area contributed by atoms with Crippen molar-refractivity contribution in [2.45, 2.75) is 31.6 Å². The molecular formula is C13H18FN. The summed E-state index contributed by atoms with van der Waals surface area (Å²) in [6, 6.07) is 6.83. The summed E-state index contributed by atoms with van der Waals surface area (Å²) in [4.78, 5) is 0. The molecule has 2 heteroatoms. The van der Waals surface area contributed by atoms with Crippen LogP contribution in [-0.4, -0.2) is 6.54 Å². The van der Waals surface area contributed by atoms with E-state index in [0.29, 0.717) is 6.54 Å². The van der Waals surface area contributed by atoms with Gasteiger partial charge in [-0.3, -0.25) is 0 Å². The molecule has 1 nitrogen and oxygen atoms in total. The molecule has 2 rings (SSSR count). The van der Waals surface area contributed by atoms with E-state index in [1.807, 2.05) is 12.1 Å². The van der Waals surface area contributed by atoms with E-state index in [0.717, 1.165) is 18.8 Å². The number of nitrogens with two attached hydrogens (primary N) is 1. The maximum Gasteiger partial charge on any atom is 0.123 e. The lowest BCUT2D eigenvalue weighted by atomic mass is 9.58. The van der Waals surface area contributed by atoms with Crippen LogP contribution in [0.15, 0.2) is 24.3 Å². The fourth-order valence-electron chi connectivity index (χ4n) is 2.66. The third-order valence-electron chi connectivity index (χ3n) is 3.78. The number of halogens is 1. The van der Waals surface area contributed by atoms with Crippen LogP contribution < -0.4 is 5.73 Å². The highest BCUT2D eigenvalue weighted by atomic mass is 19.1. The van der Waals surface area contributed by atoms with E-state index in [2.05, 4.69) is 6.92 Å². The Balaban J connectivity index is 2.18. The van der Waals surface area contributed by atoms with E-state index in [4.69, 9.17) is 5.73 Å². The largest absolute Gasteiger partial charge is 0.330 e. The molecule has 2 N–H and O–H groups in total. The lowest BCUT2D eigenvalue weighted by Crippen LogP contribution is -2.46. The van der Waals surface area contributed by atoms with Crippen LogP contribution in [0.4, 0.5) is 4.39 Å². The molecule has 0 atom stereocenters. The molecule has 0 saturated heterocycles. The third kappa shape index (κ3) is 1.78. The summed E-state index contributed by atoms with van der Waals surface area (Å²) >= 11 is 0. The van der Waals surface area contributed by atoms with Gasteiger partial charge in [0.2, 0.25) is 0 Å². The van der Waals surface area contributed by atoms with E-state index >= 15 is 0 Å². The second-order valence-electron chi connectivity index (χ2n) is 4.67. The minimum atomic E-state index is -0.169. The number of benzene rings is 1. The van der Waals surface area contributed by atoms with Gasteiger partial charge in [0, 0.05) is 12.0 Å². The van der Waals surface area contributed by atoms with Crippen molar-refractivity contribution in [2.75, 3.05) is 6.54 Å². The Hall–Kier alpha value is -0.890. The molecule has 0 aromatic heterocycles. The first kappa shape index (κ1) is 10.6. The fraction of sp³-hybridized carbons (Fsp3) is 0.538. The highest BCUT2D eigenvalue weighted by Gasteiger charge is 2.43. The predicted octanol–water partition coefficient (Wildman–Crippen LogP) is 2.84. The second kappa shape index (κ2) is 3.93. The predicted molar refractivity (Wildman–Crippen MR) is 60.1 cm³/mol. The van der Waals surface area contributed by atoms with Crippen molar-refractivity contribution >= 4 is 0 Å². The summed E-state index contributed by atoms with van der Waals surface area (Å²) in [5.41, 5.74) is 7.20. The average Bonchev–Trinajstić information content (AvgIpc) is 2.20. The zero-order chi connectivity index (χ0) is 10.9. The molecule has 0 spiro atoms. The summed E-state index contributed by atoms with van der Waals surface area (Å²) in [7, 11) is 0. The summed E-state index contributed by atoms with van der Waals surface area (Å²) in [6.45, 7) is 2.89. The maximum atomic E-state index is 12.8. The van der Waals surface area contributed by atoms with Gasteiger partial charge in [-0.2, -0.15) is 0 Å². The smallest absolute Gasteiger partial charge is 0.123 e. The maximum absolute atomic E-state index is 12.8. The van der Waals surface area contributed by atoms with Crippen molar-refractivity contribution in [1.29, 1.82) is 0 Å². The van der Waals surface area contributed by atoms with E-state index in [9.17, 15) is 4.39 Å². The van der Waals surface area contributed by atoms with Crippen molar-refractivity contribution < 1.29 is 4.39 Å². The van der Waals surface area contributed by atoms with Gasteiger partial charge in [0.1, 0.15) is 5.82 Å². The van der Waals surface area contributed by atoms with Crippen molar-refractivity contribution in [3.05, 3.63) is 35.6 Å². The van der Waals surface area contributed by atoms with Gasteiger partial charge in [0.05, 0.1) is 0 Å². The van der Waals surface area contributed by atoms with Crippen LogP contribution in [-0.2, 0) is 5.41 Å². The normalized spacial score (nSPS) is 29.9. The summed E-state index contributed by atoms with van der Waals surface area (Å²) in [6.07, 6.45) is 3.54. The van der Waals surface area contributed by atoms with Crippen LogP contribution in [0.3, 0.4) is 0 Å². The Labute approximate surface area is 90.5 Å². The molecule has 0 radical (unpaired) electrons. The lowest BCUT2D eigenvalue weighted by Gasteiger charge is -2.47. The Morgan fingerprint density at radius 1 is 1.33 bits per heavy atom. The molecule has 1 aromatic carbocycles. The summed E-state index contributed by atoms with van der Waals surface area (Å²) in [5, 5.41) is 0. The van der Waals surface area contributed by atoms with Crippen LogP contribution in [0, 0.1) is 11.7 Å². The molecule has 0 bridgehead atoms. The molecule has 15 heavy (non-hydrogen) atoms. The zero-order valence-electron chi connectivity index (χ0n) is 9.17. The molecule has 1 aromatic rings. The molecule has 0 unspecified atom stereocenters. The third-order valence-corrected chi connectivity index (χ3v) is 3.78. The van der Waals surface area contributed by atoms with Gasteiger partial charge >= 0.3 is 0 Å². The average molecular weight is 207 g/mol. The van der Waals surface area contributed by atoms with Gasteiger partial charge in [0.25, 0.3) is 0 Å². The van der Waals surface area contributed by atoms with Crippen molar-refractivity contribution in [3.8, 4) is 0 Å². The molecule has 1 fully saturated rings. The fourth-order valence-corrected chi connectivity index (χ4v) is 2.66. The van der Waals surface area contributed by atoms with Crippen molar-refractivity contribution in [3.63, 3.8) is 0 Å². The molecule has 1 aliphatic carbocycles. The molecular weight excluding hydrogens is 189 g/mol. The highest BCUT2D eigenvalue weighted by Crippen LogP contribution is 2.48. The number of rotatable bonds is 3. The zero-order valence-corrected chi connectivity index (χ0v) is 9.17. The van der Waals surface area contributed by atoms with E-state index < -0.39 is 0 Å². The lowest BCUT2D eigenvalue weighted by molar-refractivity contribution is 0.144. The standard InChI is InChI=1S/C13H18FN/c1-2-10-7-13(8-10,9-15)11-3-5-12(14)6-4-11/h3-6,10H,2,7-9,15H2,1H3. The van der Waals surface area contributed by atoms with E-state index in [-0.39, 0.29) is 11.2 Å². The minimum absolute atomic E-state index is 0.133.